The summed E-state index contributed by atoms with van der Waals surface area (Å²) in [6, 6.07) is 34.5. The number of alkyl halides is 4. The maximum Gasteiger partial charge on any atom is 0.388 e. The van der Waals surface area contributed by atoms with Crippen molar-refractivity contribution in [2.75, 3.05) is 4.90 Å². The Morgan fingerprint density at radius 2 is 1.06 bits per heavy atom. The Bertz CT molecular complexity index is 1530. The zero-order valence-corrected chi connectivity index (χ0v) is 18.8. The Labute approximate surface area is 205 Å². The van der Waals surface area contributed by atoms with Crippen molar-refractivity contribution < 1.29 is 22.3 Å². The molecule has 178 valence electrons. The lowest BCUT2D eigenvalue weighted by Gasteiger charge is -2.28. The number of nitrogens with zero attached hydrogens (tertiary/aromatic N) is 1. The number of ether oxygens (including phenoxy) is 1. The number of para-hydroxylation sites is 2. The van der Waals surface area contributed by atoms with Crippen LogP contribution >= 0.6 is 0 Å². The lowest BCUT2D eigenvalue weighted by Crippen LogP contribution is -2.17. The van der Waals surface area contributed by atoms with Crippen LogP contribution in [-0.4, -0.2) is 0 Å². The van der Waals surface area contributed by atoms with Crippen LogP contribution in [0.25, 0.3) is 21.9 Å². The van der Waals surface area contributed by atoms with E-state index < -0.39 is 23.3 Å². The number of hydrogen-bond acceptors (Lipinski definition) is 2. The van der Waals surface area contributed by atoms with Gasteiger partial charge in [-0.1, -0.05) is 66.7 Å². The molecule has 0 amide bonds. The van der Waals surface area contributed by atoms with Crippen LogP contribution in [0.4, 0.5) is 34.6 Å². The molecule has 1 aliphatic heterocycles. The van der Waals surface area contributed by atoms with Gasteiger partial charge in [0, 0.05) is 16.9 Å². The molecule has 0 radical (unpaired) electrons. The average molecular weight is 485 g/mol. The molecule has 6 heteroatoms. The molecule has 0 saturated heterocycles. The van der Waals surface area contributed by atoms with E-state index in [-0.39, 0.29) is 0 Å². The summed E-state index contributed by atoms with van der Waals surface area (Å²) in [4.78, 5) is 2.03. The smallest absolute Gasteiger partial charge is 0.310 e. The Balaban J connectivity index is 1.64. The third-order valence-corrected chi connectivity index (χ3v) is 6.35. The highest BCUT2D eigenvalue weighted by Gasteiger charge is 2.57. The van der Waals surface area contributed by atoms with Crippen LogP contribution < -0.4 is 4.90 Å². The van der Waals surface area contributed by atoms with Crippen LogP contribution in [0.15, 0.2) is 115 Å². The van der Waals surface area contributed by atoms with Gasteiger partial charge in [0.1, 0.15) is 0 Å². The van der Waals surface area contributed by atoms with E-state index in [0.717, 1.165) is 40.0 Å². The van der Waals surface area contributed by atoms with Gasteiger partial charge in [0.15, 0.2) is 0 Å². The van der Waals surface area contributed by atoms with Crippen molar-refractivity contribution in [2.24, 2.45) is 0 Å². The summed E-state index contributed by atoms with van der Waals surface area (Å²) in [5, 5.41) is 1.85. The summed E-state index contributed by atoms with van der Waals surface area (Å²) in [5.41, 5.74) is 1.81. The van der Waals surface area contributed by atoms with Crippen LogP contribution in [-0.2, 0) is 17.0 Å². The molecular formula is C30H19F4NO. The molecule has 0 unspecified atom stereocenters. The van der Waals surface area contributed by atoms with Crippen molar-refractivity contribution in [3.63, 3.8) is 0 Å². The van der Waals surface area contributed by atoms with Gasteiger partial charge in [-0.3, -0.25) is 0 Å². The first-order valence-electron chi connectivity index (χ1n) is 11.4. The van der Waals surface area contributed by atoms with E-state index in [4.69, 9.17) is 0 Å². The summed E-state index contributed by atoms with van der Waals surface area (Å²) < 4.78 is 61.0. The molecule has 0 saturated carbocycles. The second kappa shape index (κ2) is 8.21. The molecule has 0 spiro atoms. The first-order chi connectivity index (χ1) is 17.3. The monoisotopic (exact) mass is 485 g/mol. The van der Waals surface area contributed by atoms with E-state index in [2.05, 4.69) is 4.74 Å². The molecule has 0 aliphatic carbocycles. The van der Waals surface area contributed by atoms with Crippen molar-refractivity contribution in [3.05, 3.63) is 126 Å². The summed E-state index contributed by atoms with van der Waals surface area (Å²) in [7, 11) is 0. The van der Waals surface area contributed by atoms with Crippen molar-refractivity contribution in [2.45, 2.75) is 12.2 Å². The fraction of sp³-hybridized carbons (Fsp3) is 0.0667. The summed E-state index contributed by atoms with van der Waals surface area (Å²) in [6.07, 6.45) is -8.14. The number of fused-ring (bicyclic) bond motifs is 2. The minimum atomic E-state index is -4.09. The predicted octanol–water partition coefficient (Wildman–Crippen LogP) is 9.11. The highest BCUT2D eigenvalue weighted by Crippen LogP contribution is 2.52. The molecule has 0 bridgehead atoms. The highest BCUT2D eigenvalue weighted by molar-refractivity contribution is 5.98. The fourth-order valence-corrected chi connectivity index (χ4v) is 4.70. The average Bonchev–Trinajstić information content (AvgIpc) is 3.08. The van der Waals surface area contributed by atoms with Gasteiger partial charge in [-0.15, -0.1) is 0 Å². The molecule has 5 aromatic rings. The molecule has 0 fully saturated rings. The van der Waals surface area contributed by atoms with Crippen LogP contribution in [0.5, 0.6) is 0 Å². The number of benzene rings is 5. The molecule has 5 aromatic carbocycles. The molecule has 6 rings (SSSR count). The van der Waals surface area contributed by atoms with E-state index in [9.17, 15) is 17.6 Å². The van der Waals surface area contributed by atoms with Gasteiger partial charge in [-0.2, -0.15) is 17.6 Å². The Kier molecular flexibility index (Phi) is 5.09. The van der Waals surface area contributed by atoms with Crippen LogP contribution in [0.2, 0.25) is 0 Å². The Morgan fingerprint density at radius 1 is 0.528 bits per heavy atom. The summed E-state index contributed by atoms with van der Waals surface area (Å²) in [6.45, 7) is 0. The van der Waals surface area contributed by atoms with Gasteiger partial charge in [0.2, 0.25) is 0 Å². The molecule has 36 heavy (non-hydrogen) atoms. The standard InChI is InChI=1S/C30H19F4NO/c31-29(32)26-16-15-22(18-27(26)30(33,34)36-29)25-17-20-9-7-8-10-21(20)19-28(25)35(23-11-3-1-4-12-23)24-13-5-2-6-14-24/h1-19H. The van der Waals surface area contributed by atoms with Gasteiger partial charge in [0.05, 0.1) is 16.8 Å². The lowest BCUT2D eigenvalue weighted by atomic mass is 9.94. The van der Waals surface area contributed by atoms with E-state index >= 15 is 0 Å². The Hall–Kier alpha value is -4.16. The maximum atomic E-state index is 14.5. The number of rotatable bonds is 4. The molecule has 2 nitrogen and oxygen atoms in total. The topological polar surface area (TPSA) is 12.5 Å². The quantitative estimate of drug-likeness (QED) is 0.235. The molecule has 1 aliphatic rings. The van der Waals surface area contributed by atoms with Gasteiger partial charge in [-0.05, 0) is 64.9 Å². The van der Waals surface area contributed by atoms with Crippen LogP contribution in [0.3, 0.4) is 0 Å². The van der Waals surface area contributed by atoms with E-state index in [1.54, 1.807) is 0 Å². The summed E-state index contributed by atoms with van der Waals surface area (Å²) in [5.74, 6) is 0. The first kappa shape index (κ1) is 22.3. The van der Waals surface area contributed by atoms with E-state index in [1.807, 2.05) is 102 Å². The number of halogens is 4. The minimum absolute atomic E-state index is 0.382. The third kappa shape index (κ3) is 3.71. The minimum Gasteiger partial charge on any atom is -0.310 e. The van der Waals surface area contributed by atoms with Gasteiger partial charge in [-0.25, -0.2) is 4.74 Å². The zero-order chi connectivity index (χ0) is 24.9. The van der Waals surface area contributed by atoms with Crippen LogP contribution in [0, 0.1) is 0 Å². The molecule has 0 atom stereocenters. The van der Waals surface area contributed by atoms with Gasteiger partial charge in [0.25, 0.3) is 0 Å². The van der Waals surface area contributed by atoms with Crippen molar-refractivity contribution in [3.8, 4) is 11.1 Å². The highest BCUT2D eigenvalue weighted by atomic mass is 19.3. The predicted molar refractivity (Wildman–Crippen MR) is 133 cm³/mol. The number of anilines is 3. The summed E-state index contributed by atoms with van der Waals surface area (Å²) >= 11 is 0. The molecule has 1 heterocycles. The van der Waals surface area contributed by atoms with Gasteiger partial charge >= 0.3 is 12.2 Å². The van der Waals surface area contributed by atoms with Crippen molar-refractivity contribution in [1.82, 2.24) is 0 Å². The zero-order valence-electron chi connectivity index (χ0n) is 18.8. The lowest BCUT2D eigenvalue weighted by molar-refractivity contribution is -0.369. The largest absolute Gasteiger partial charge is 0.388 e. The normalized spacial score (nSPS) is 15.6. The molecular weight excluding hydrogens is 466 g/mol. The maximum absolute atomic E-state index is 14.5. The number of hydrogen-bond donors (Lipinski definition) is 0. The van der Waals surface area contributed by atoms with Crippen molar-refractivity contribution in [1.29, 1.82) is 0 Å². The fourth-order valence-electron chi connectivity index (χ4n) is 4.70. The second-order valence-corrected chi connectivity index (χ2v) is 8.62. The second-order valence-electron chi connectivity index (χ2n) is 8.62. The molecule has 0 N–H and O–H groups in total. The van der Waals surface area contributed by atoms with Gasteiger partial charge < -0.3 is 4.90 Å². The third-order valence-electron chi connectivity index (χ3n) is 6.35. The van der Waals surface area contributed by atoms with Crippen molar-refractivity contribution >= 4 is 27.8 Å². The Morgan fingerprint density at radius 3 is 1.67 bits per heavy atom. The van der Waals surface area contributed by atoms with E-state index in [0.29, 0.717) is 11.1 Å². The first-order valence-corrected chi connectivity index (χ1v) is 11.4. The molecule has 0 aromatic heterocycles. The SMILES string of the molecule is FC1(F)OC(F)(F)c2cc(-c3cc4ccccc4cc3N(c3ccccc3)c3ccccc3)ccc21. The van der Waals surface area contributed by atoms with Crippen LogP contribution in [0.1, 0.15) is 11.1 Å². The van der Waals surface area contributed by atoms with E-state index in [1.165, 1.54) is 6.07 Å².